The third kappa shape index (κ3) is 1.96. The van der Waals surface area contributed by atoms with Gasteiger partial charge in [0.1, 0.15) is 0 Å². The second-order valence-electron chi connectivity index (χ2n) is 6.81. The number of hydrogen-bond acceptors (Lipinski definition) is 3. The summed E-state index contributed by atoms with van der Waals surface area (Å²) >= 11 is 0. The number of hydrogen-bond donors (Lipinski definition) is 1. The van der Waals surface area contributed by atoms with Gasteiger partial charge in [-0.15, -0.1) is 0 Å². The van der Waals surface area contributed by atoms with Gasteiger partial charge in [0.25, 0.3) is 0 Å². The third-order valence-electron chi connectivity index (χ3n) is 5.63. The first-order valence-electron chi connectivity index (χ1n) is 8.10. The van der Waals surface area contributed by atoms with Crippen molar-refractivity contribution in [3.63, 3.8) is 0 Å². The molecule has 1 aromatic carbocycles. The Morgan fingerprint density at radius 1 is 1.14 bits per heavy atom. The number of nitrogens with two attached hydrogens (primary N) is 1. The summed E-state index contributed by atoms with van der Waals surface area (Å²) in [7, 11) is 2.30. The molecule has 2 N–H and O–H groups in total. The van der Waals surface area contributed by atoms with Gasteiger partial charge in [0.15, 0.2) is 0 Å². The van der Waals surface area contributed by atoms with Gasteiger partial charge in [-0.3, -0.25) is 0 Å². The number of aryl methyl sites for hydroxylation is 1. The zero-order valence-corrected chi connectivity index (χ0v) is 12.9. The molecule has 0 radical (unpaired) electrons. The number of rotatable bonds is 1. The fourth-order valence-electron chi connectivity index (χ4n) is 4.46. The summed E-state index contributed by atoms with van der Waals surface area (Å²) in [6.45, 7) is 2.11. The smallest absolute Gasteiger partial charge is 0.201 e. The van der Waals surface area contributed by atoms with Crippen LogP contribution in [0.2, 0.25) is 0 Å². The van der Waals surface area contributed by atoms with Crippen LogP contribution in [0, 0.1) is 6.92 Å². The summed E-state index contributed by atoms with van der Waals surface area (Å²) in [5, 5.41) is 0. The van der Waals surface area contributed by atoms with Crippen molar-refractivity contribution in [2.24, 2.45) is 0 Å². The number of benzene rings is 1. The van der Waals surface area contributed by atoms with E-state index in [9.17, 15) is 0 Å². The minimum absolute atomic E-state index is 0.503. The molecule has 2 saturated heterocycles. The lowest BCUT2D eigenvalue weighted by Crippen LogP contribution is -2.50. The highest BCUT2D eigenvalue weighted by Gasteiger charge is 2.37. The first kappa shape index (κ1) is 13.1. The minimum Gasteiger partial charge on any atom is -0.369 e. The van der Waals surface area contributed by atoms with E-state index in [0.717, 1.165) is 5.52 Å². The van der Waals surface area contributed by atoms with Crippen molar-refractivity contribution >= 4 is 17.0 Å². The maximum Gasteiger partial charge on any atom is 0.201 e. The van der Waals surface area contributed by atoms with E-state index in [-0.39, 0.29) is 0 Å². The molecule has 2 aliphatic heterocycles. The summed E-state index contributed by atoms with van der Waals surface area (Å²) in [6.07, 6.45) is 6.45. The lowest BCUT2D eigenvalue weighted by Gasteiger charge is -2.47. The zero-order chi connectivity index (χ0) is 14.6. The maximum absolute atomic E-state index is 6.28. The molecular formula is C17H24N4. The Kier molecular flexibility index (Phi) is 2.96. The molecule has 0 saturated carbocycles. The van der Waals surface area contributed by atoms with Crippen molar-refractivity contribution in [1.29, 1.82) is 0 Å². The molecular weight excluding hydrogens is 260 g/mol. The molecule has 3 heterocycles. The van der Waals surface area contributed by atoms with Crippen LogP contribution in [-0.4, -0.2) is 33.6 Å². The highest BCUT2D eigenvalue weighted by molar-refractivity contribution is 5.81. The van der Waals surface area contributed by atoms with Crippen LogP contribution in [-0.2, 0) is 0 Å². The van der Waals surface area contributed by atoms with Crippen molar-refractivity contribution in [1.82, 2.24) is 14.5 Å². The summed E-state index contributed by atoms with van der Waals surface area (Å²) < 4.78 is 2.31. The molecule has 4 heteroatoms. The first-order chi connectivity index (χ1) is 10.1. The van der Waals surface area contributed by atoms with Crippen molar-refractivity contribution in [3.8, 4) is 0 Å². The van der Waals surface area contributed by atoms with Crippen LogP contribution >= 0.6 is 0 Å². The quantitative estimate of drug-likeness (QED) is 0.875. The van der Waals surface area contributed by atoms with Crippen LogP contribution in [0.1, 0.15) is 43.7 Å². The number of para-hydroxylation sites is 1. The molecule has 1 aromatic heterocycles. The Hall–Kier alpha value is -1.55. The summed E-state index contributed by atoms with van der Waals surface area (Å²) in [4.78, 5) is 7.23. The third-order valence-corrected chi connectivity index (χ3v) is 5.63. The van der Waals surface area contributed by atoms with Gasteiger partial charge in [-0.2, -0.15) is 0 Å². The van der Waals surface area contributed by atoms with Crippen LogP contribution in [0.3, 0.4) is 0 Å². The zero-order valence-electron chi connectivity index (χ0n) is 12.9. The van der Waals surface area contributed by atoms with Gasteiger partial charge in [-0.1, -0.05) is 18.6 Å². The number of aromatic nitrogens is 2. The van der Waals surface area contributed by atoms with E-state index in [4.69, 9.17) is 5.73 Å². The average Bonchev–Trinajstić information content (AvgIpc) is 2.77. The largest absolute Gasteiger partial charge is 0.369 e. The van der Waals surface area contributed by atoms with Gasteiger partial charge in [0.05, 0.1) is 11.0 Å². The lowest BCUT2D eigenvalue weighted by molar-refractivity contribution is 0.0415. The topological polar surface area (TPSA) is 47.1 Å². The molecule has 2 fully saturated rings. The Morgan fingerprint density at radius 2 is 1.86 bits per heavy atom. The Morgan fingerprint density at radius 3 is 2.57 bits per heavy atom. The van der Waals surface area contributed by atoms with Gasteiger partial charge >= 0.3 is 0 Å². The first-order valence-corrected chi connectivity index (χ1v) is 8.10. The van der Waals surface area contributed by atoms with E-state index in [2.05, 4.69) is 46.6 Å². The summed E-state index contributed by atoms with van der Waals surface area (Å²) in [6, 6.07) is 8.32. The molecule has 21 heavy (non-hydrogen) atoms. The number of nitrogens with zero attached hydrogens (tertiary/aromatic N) is 3. The fourth-order valence-corrected chi connectivity index (χ4v) is 4.46. The van der Waals surface area contributed by atoms with Crippen molar-refractivity contribution < 1.29 is 0 Å². The second kappa shape index (κ2) is 4.73. The second-order valence-corrected chi connectivity index (χ2v) is 6.81. The number of piperidine rings is 2. The van der Waals surface area contributed by atoms with E-state index >= 15 is 0 Å². The SMILES string of the molecule is Cc1cccc2c1nc(N)n2C1CC2CCCC(C1)N2C. The monoisotopic (exact) mass is 284 g/mol. The van der Waals surface area contributed by atoms with Crippen LogP contribution in [0.15, 0.2) is 18.2 Å². The Labute approximate surface area is 125 Å². The molecule has 2 atom stereocenters. The molecule has 0 spiro atoms. The summed E-state index contributed by atoms with van der Waals surface area (Å²) in [5.74, 6) is 0.687. The molecule has 2 aromatic rings. The predicted molar refractivity (Wildman–Crippen MR) is 86.3 cm³/mol. The molecule has 2 bridgehead atoms. The molecule has 2 aliphatic rings. The fraction of sp³-hybridized carbons (Fsp3) is 0.588. The standard InChI is InChI=1S/C17H24N4/c1-11-5-3-8-15-16(11)19-17(18)21(15)14-9-12-6-4-7-13(10-14)20(12)2/h3,5,8,12-14H,4,6-7,9-10H2,1-2H3,(H2,18,19). The highest BCUT2D eigenvalue weighted by atomic mass is 15.2. The van der Waals surface area contributed by atoms with Crippen molar-refractivity contribution in [3.05, 3.63) is 23.8 Å². The molecule has 0 amide bonds. The number of fused-ring (bicyclic) bond motifs is 3. The van der Waals surface area contributed by atoms with Crippen molar-refractivity contribution in [2.75, 3.05) is 12.8 Å². The van der Waals surface area contributed by atoms with E-state index < -0.39 is 0 Å². The highest BCUT2D eigenvalue weighted by Crippen LogP contribution is 2.40. The predicted octanol–water partition coefficient (Wildman–Crippen LogP) is 3.11. The van der Waals surface area contributed by atoms with Crippen LogP contribution in [0.4, 0.5) is 5.95 Å². The van der Waals surface area contributed by atoms with Gasteiger partial charge < -0.3 is 15.2 Å². The summed E-state index contributed by atoms with van der Waals surface area (Å²) in [5.41, 5.74) is 9.77. The van der Waals surface area contributed by atoms with Gasteiger partial charge in [-0.05, 0) is 51.3 Å². The average molecular weight is 284 g/mol. The Balaban J connectivity index is 1.77. The maximum atomic E-state index is 6.28. The van der Waals surface area contributed by atoms with Crippen molar-refractivity contribution in [2.45, 2.75) is 57.2 Å². The molecule has 4 rings (SSSR count). The van der Waals surface area contributed by atoms with Crippen LogP contribution in [0.25, 0.3) is 11.0 Å². The minimum atomic E-state index is 0.503. The van der Waals surface area contributed by atoms with E-state index in [1.54, 1.807) is 0 Å². The number of anilines is 1. The molecule has 0 aliphatic carbocycles. The molecule has 2 unspecified atom stereocenters. The van der Waals surface area contributed by atoms with Crippen LogP contribution in [0.5, 0.6) is 0 Å². The lowest BCUT2D eigenvalue weighted by atomic mass is 9.82. The van der Waals surface area contributed by atoms with Gasteiger partial charge in [-0.25, -0.2) is 4.98 Å². The molecule has 112 valence electrons. The van der Waals surface area contributed by atoms with E-state index in [1.807, 2.05) is 0 Å². The normalized spacial score (nSPS) is 29.9. The number of imidazole rings is 1. The van der Waals surface area contributed by atoms with Crippen LogP contribution < -0.4 is 5.73 Å². The number of nitrogen functional groups attached to an aromatic ring is 1. The van der Waals surface area contributed by atoms with E-state index in [1.165, 1.54) is 43.2 Å². The van der Waals surface area contributed by atoms with Gasteiger partial charge in [0, 0.05) is 18.1 Å². The Bertz CT molecular complexity index is 661. The van der Waals surface area contributed by atoms with Gasteiger partial charge in [0.2, 0.25) is 5.95 Å². The van der Waals surface area contributed by atoms with E-state index in [0.29, 0.717) is 24.1 Å². The molecule has 4 nitrogen and oxygen atoms in total.